The standard InChI is InChI=1S/C17H29N3O3S/c1-17(2,3)16-15(12-20(18-16)13-6-4-5-7-13)24(22,23)19-10-8-14(21)9-11-19/h12-14,21H,4-11H2,1-3H3. The molecule has 3 rings (SSSR count). The summed E-state index contributed by atoms with van der Waals surface area (Å²) in [6, 6.07) is 0.318. The Balaban J connectivity index is 1.98. The fourth-order valence-corrected chi connectivity index (χ4v) is 5.46. The molecule has 1 saturated carbocycles. The molecule has 0 aromatic carbocycles. The summed E-state index contributed by atoms with van der Waals surface area (Å²) >= 11 is 0. The molecule has 1 aliphatic heterocycles. The van der Waals surface area contributed by atoms with Gasteiger partial charge in [-0.25, -0.2) is 8.42 Å². The molecular weight excluding hydrogens is 326 g/mol. The SMILES string of the molecule is CC(C)(C)c1nn(C2CCCC2)cc1S(=O)(=O)N1CCC(O)CC1. The normalized spacial score (nSPS) is 22.3. The van der Waals surface area contributed by atoms with Gasteiger partial charge in [0.25, 0.3) is 0 Å². The van der Waals surface area contributed by atoms with Crippen LogP contribution in [0.2, 0.25) is 0 Å². The van der Waals surface area contributed by atoms with Gasteiger partial charge in [0.2, 0.25) is 10.0 Å². The average molecular weight is 356 g/mol. The molecule has 2 aliphatic rings. The first-order valence-corrected chi connectivity index (χ1v) is 10.4. The van der Waals surface area contributed by atoms with Crippen LogP contribution in [-0.2, 0) is 15.4 Å². The van der Waals surface area contributed by atoms with E-state index in [4.69, 9.17) is 5.10 Å². The van der Waals surface area contributed by atoms with E-state index in [0.717, 1.165) is 12.8 Å². The van der Waals surface area contributed by atoms with Crippen molar-refractivity contribution >= 4 is 10.0 Å². The van der Waals surface area contributed by atoms with Gasteiger partial charge in [-0.3, -0.25) is 4.68 Å². The van der Waals surface area contributed by atoms with E-state index in [-0.39, 0.29) is 11.5 Å². The van der Waals surface area contributed by atoms with Crippen molar-refractivity contribution in [1.82, 2.24) is 14.1 Å². The summed E-state index contributed by atoms with van der Waals surface area (Å²) in [6.07, 6.45) is 6.86. The summed E-state index contributed by atoms with van der Waals surface area (Å²) in [7, 11) is -3.57. The van der Waals surface area contributed by atoms with Crippen molar-refractivity contribution < 1.29 is 13.5 Å². The van der Waals surface area contributed by atoms with E-state index in [1.54, 1.807) is 6.20 Å². The van der Waals surface area contributed by atoms with Gasteiger partial charge in [0, 0.05) is 24.7 Å². The highest BCUT2D eigenvalue weighted by atomic mass is 32.2. The Kier molecular flexibility index (Phi) is 4.79. The van der Waals surface area contributed by atoms with Gasteiger partial charge in [-0.2, -0.15) is 9.40 Å². The van der Waals surface area contributed by atoms with Crippen molar-refractivity contribution in [1.29, 1.82) is 0 Å². The van der Waals surface area contributed by atoms with E-state index in [2.05, 4.69) is 0 Å². The second-order valence-electron chi connectivity index (χ2n) is 8.15. The Hall–Kier alpha value is -0.920. The summed E-state index contributed by atoms with van der Waals surface area (Å²) in [5.74, 6) is 0. The Morgan fingerprint density at radius 1 is 1.12 bits per heavy atom. The third-order valence-electron chi connectivity index (χ3n) is 5.15. The molecule has 2 heterocycles. The third-order valence-corrected chi connectivity index (χ3v) is 7.05. The monoisotopic (exact) mass is 355 g/mol. The van der Waals surface area contributed by atoms with Gasteiger partial charge in [0.15, 0.2) is 0 Å². The molecular formula is C17H29N3O3S. The Morgan fingerprint density at radius 2 is 1.71 bits per heavy atom. The van der Waals surface area contributed by atoms with Crippen molar-refractivity contribution in [2.24, 2.45) is 0 Å². The van der Waals surface area contributed by atoms with Crippen LogP contribution in [0.1, 0.15) is 71.0 Å². The number of aliphatic hydroxyl groups is 1. The molecule has 0 unspecified atom stereocenters. The quantitative estimate of drug-likeness (QED) is 0.903. The maximum absolute atomic E-state index is 13.2. The van der Waals surface area contributed by atoms with Gasteiger partial charge >= 0.3 is 0 Å². The lowest BCUT2D eigenvalue weighted by Crippen LogP contribution is -2.40. The molecule has 7 heteroatoms. The first-order valence-electron chi connectivity index (χ1n) is 8.97. The molecule has 0 atom stereocenters. The molecule has 0 amide bonds. The molecule has 0 spiro atoms. The predicted molar refractivity (Wildman–Crippen MR) is 92.4 cm³/mol. The molecule has 2 fully saturated rings. The van der Waals surface area contributed by atoms with E-state index in [0.29, 0.717) is 42.6 Å². The van der Waals surface area contributed by atoms with Crippen molar-refractivity contribution in [2.75, 3.05) is 13.1 Å². The van der Waals surface area contributed by atoms with Crippen molar-refractivity contribution in [3.8, 4) is 0 Å². The minimum absolute atomic E-state index is 0.318. The maximum Gasteiger partial charge on any atom is 0.246 e. The smallest absolute Gasteiger partial charge is 0.246 e. The second-order valence-corrected chi connectivity index (χ2v) is 10.1. The second kappa shape index (κ2) is 6.42. The Morgan fingerprint density at radius 3 is 2.25 bits per heavy atom. The summed E-state index contributed by atoms with van der Waals surface area (Å²) in [5, 5.41) is 14.4. The van der Waals surface area contributed by atoms with E-state index >= 15 is 0 Å². The van der Waals surface area contributed by atoms with Crippen LogP contribution in [0.3, 0.4) is 0 Å². The molecule has 0 radical (unpaired) electrons. The molecule has 0 bridgehead atoms. The van der Waals surface area contributed by atoms with Crippen molar-refractivity contribution in [2.45, 2.75) is 81.8 Å². The highest BCUT2D eigenvalue weighted by Gasteiger charge is 2.36. The minimum atomic E-state index is -3.57. The average Bonchev–Trinajstić information content (AvgIpc) is 3.16. The fraction of sp³-hybridized carbons (Fsp3) is 0.824. The maximum atomic E-state index is 13.2. The number of aliphatic hydroxyl groups excluding tert-OH is 1. The van der Waals surface area contributed by atoms with Crippen LogP contribution in [0, 0.1) is 0 Å². The number of hydrogen-bond acceptors (Lipinski definition) is 4. The number of piperidine rings is 1. The number of rotatable bonds is 3. The van der Waals surface area contributed by atoms with Gasteiger partial charge in [0.1, 0.15) is 4.90 Å². The van der Waals surface area contributed by atoms with E-state index in [1.165, 1.54) is 17.1 Å². The number of aromatic nitrogens is 2. The van der Waals surface area contributed by atoms with Crippen LogP contribution < -0.4 is 0 Å². The predicted octanol–water partition coefficient (Wildman–Crippen LogP) is 2.44. The first-order chi connectivity index (χ1) is 11.2. The highest BCUT2D eigenvalue weighted by molar-refractivity contribution is 7.89. The van der Waals surface area contributed by atoms with Gasteiger partial charge in [-0.15, -0.1) is 0 Å². The zero-order chi connectivity index (χ0) is 17.5. The van der Waals surface area contributed by atoms with Crippen molar-refractivity contribution in [3.63, 3.8) is 0 Å². The Bertz CT molecular complexity index is 676. The summed E-state index contributed by atoms with van der Waals surface area (Å²) < 4.78 is 29.8. The number of nitrogens with zero attached hydrogens (tertiary/aromatic N) is 3. The zero-order valence-corrected chi connectivity index (χ0v) is 15.7. The summed E-state index contributed by atoms with van der Waals surface area (Å²) in [6.45, 7) is 6.78. The highest BCUT2D eigenvalue weighted by Crippen LogP contribution is 2.35. The lowest BCUT2D eigenvalue weighted by Gasteiger charge is -2.29. The van der Waals surface area contributed by atoms with Crippen molar-refractivity contribution in [3.05, 3.63) is 11.9 Å². The molecule has 1 saturated heterocycles. The molecule has 136 valence electrons. The largest absolute Gasteiger partial charge is 0.393 e. The Labute approximate surface area is 144 Å². The number of hydrogen-bond donors (Lipinski definition) is 1. The fourth-order valence-electron chi connectivity index (χ4n) is 3.66. The molecule has 1 N–H and O–H groups in total. The molecule has 1 aliphatic carbocycles. The zero-order valence-electron chi connectivity index (χ0n) is 14.9. The van der Waals surface area contributed by atoms with Gasteiger partial charge < -0.3 is 5.11 Å². The molecule has 1 aromatic rings. The third kappa shape index (κ3) is 3.39. The van der Waals surface area contributed by atoms with Crippen LogP contribution in [0.25, 0.3) is 0 Å². The van der Waals surface area contributed by atoms with Crippen LogP contribution in [0.4, 0.5) is 0 Å². The summed E-state index contributed by atoms with van der Waals surface area (Å²) in [4.78, 5) is 0.346. The summed E-state index contributed by atoms with van der Waals surface area (Å²) in [5.41, 5.74) is 0.321. The van der Waals surface area contributed by atoms with Gasteiger partial charge in [0.05, 0.1) is 17.8 Å². The minimum Gasteiger partial charge on any atom is -0.393 e. The van der Waals surface area contributed by atoms with Crippen LogP contribution >= 0.6 is 0 Å². The van der Waals surface area contributed by atoms with Crippen LogP contribution in [-0.4, -0.2) is 46.8 Å². The molecule has 24 heavy (non-hydrogen) atoms. The molecule has 6 nitrogen and oxygen atoms in total. The number of sulfonamides is 1. The van der Waals surface area contributed by atoms with Crippen LogP contribution in [0.5, 0.6) is 0 Å². The topological polar surface area (TPSA) is 75.4 Å². The lowest BCUT2D eigenvalue weighted by molar-refractivity contribution is 0.113. The van der Waals surface area contributed by atoms with Gasteiger partial charge in [-0.1, -0.05) is 33.6 Å². The first kappa shape index (κ1) is 17.9. The van der Waals surface area contributed by atoms with Crippen LogP contribution in [0.15, 0.2) is 11.1 Å². The lowest BCUT2D eigenvalue weighted by atomic mass is 9.92. The van der Waals surface area contributed by atoms with E-state index < -0.39 is 10.0 Å². The van der Waals surface area contributed by atoms with Gasteiger partial charge in [-0.05, 0) is 25.7 Å². The molecule has 1 aromatic heterocycles. The van der Waals surface area contributed by atoms with E-state index in [1.807, 2.05) is 25.5 Å². The van der Waals surface area contributed by atoms with E-state index in [9.17, 15) is 13.5 Å².